The number of anilines is 2. The lowest BCUT2D eigenvalue weighted by Gasteiger charge is -2.15. The Morgan fingerprint density at radius 1 is 0.812 bits per heavy atom. The lowest BCUT2D eigenvalue weighted by Crippen LogP contribution is -2.19. The Hall–Kier alpha value is -3.84. The minimum atomic E-state index is -0.396. The van der Waals surface area contributed by atoms with Crippen LogP contribution in [0.2, 0.25) is 5.02 Å². The molecule has 1 heterocycles. The topological polar surface area (TPSA) is 84.6 Å². The molecule has 0 spiro atoms. The molecular formula is C24H22ClN3O4. The summed E-state index contributed by atoms with van der Waals surface area (Å²) in [5.41, 5.74) is 4.13. The number of amides is 2. The van der Waals surface area contributed by atoms with Crippen molar-refractivity contribution >= 4 is 39.9 Å². The van der Waals surface area contributed by atoms with E-state index in [1.54, 1.807) is 12.1 Å². The van der Waals surface area contributed by atoms with Crippen molar-refractivity contribution in [2.24, 2.45) is 0 Å². The number of benzene rings is 3. The predicted octanol–water partition coefficient (Wildman–Crippen LogP) is 6.16. The van der Waals surface area contributed by atoms with Crippen LogP contribution in [0.1, 0.15) is 0 Å². The van der Waals surface area contributed by atoms with Crippen LogP contribution < -0.4 is 24.8 Å². The SMILES string of the molecule is COc1cc(NC(=O)Nc2ccc(-c3cc4cc(Cl)ccc4[nH]3)cc2)cc(OC)c1OC. The van der Waals surface area contributed by atoms with Crippen LogP contribution in [0.5, 0.6) is 17.2 Å². The van der Waals surface area contributed by atoms with Gasteiger partial charge in [-0.2, -0.15) is 0 Å². The molecule has 0 saturated heterocycles. The number of rotatable bonds is 6. The summed E-state index contributed by atoms with van der Waals surface area (Å²) in [5.74, 6) is 1.35. The molecular weight excluding hydrogens is 430 g/mol. The fraction of sp³-hybridized carbons (Fsp3) is 0.125. The van der Waals surface area contributed by atoms with Crippen LogP contribution in [0.3, 0.4) is 0 Å². The van der Waals surface area contributed by atoms with E-state index in [4.69, 9.17) is 25.8 Å². The number of hydrogen-bond acceptors (Lipinski definition) is 4. The zero-order chi connectivity index (χ0) is 22.7. The van der Waals surface area contributed by atoms with E-state index >= 15 is 0 Å². The monoisotopic (exact) mass is 451 g/mol. The number of fused-ring (bicyclic) bond motifs is 1. The first-order chi connectivity index (χ1) is 15.5. The highest BCUT2D eigenvalue weighted by molar-refractivity contribution is 6.31. The first-order valence-corrected chi connectivity index (χ1v) is 10.1. The summed E-state index contributed by atoms with van der Waals surface area (Å²) in [4.78, 5) is 15.9. The number of carbonyl (C=O) groups is 1. The maximum absolute atomic E-state index is 12.5. The van der Waals surface area contributed by atoms with E-state index in [2.05, 4.69) is 15.6 Å². The van der Waals surface area contributed by atoms with E-state index in [1.807, 2.05) is 48.5 Å². The number of ether oxygens (including phenoxy) is 3. The Labute approximate surface area is 190 Å². The van der Waals surface area contributed by atoms with Crippen molar-refractivity contribution in [3.63, 3.8) is 0 Å². The van der Waals surface area contributed by atoms with Gasteiger partial charge in [0.2, 0.25) is 5.75 Å². The molecule has 0 atom stereocenters. The lowest BCUT2D eigenvalue weighted by atomic mass is 10.1. The van der Waals surface area contributed by atoms with Crippen LogP contribution in [-0.4, -0.2) is 32.3 Å². The second-order valence-electron chi connectivity index (χ2n) is 6.99. The second-order valence-corrected chi connectivity index (χ2v) is 7.42. The van der Waals surface area contributed by atoms with Crippen LogP contribution in [0.4, 0.5) is 16.2 Å². The first kappa shape index (κ1) is 21.4. The van der Waals surface area contributed by atoms with Gasteiger partial charge in [0.05, 0.1) is 27.0 Å². The lowest BCUT2D eigenvalue weighted by molar-refractivity contribution is 0.262. The molecule has 3 N–H and O–H groups in total. The largest absolute Gasteiger partial charge is 0.493 e. The van der Waals surface area contributed by atoms with Gasteiger partial charge in [0.15, 0.2) is 11.5 Å². The molecule has 2 amide bonds. The number of carbonyl (C=O) groups excluding carboxylic acids is 1. The number of aromatic amines is 1. The molecule has 7 nitrogen and oxygen atoms in total. The smallest absolute Gasteiger partial charge is 0.323 e. The Morgan fingerprint density at radius 3 is 2.09 bits per heavy atom. The molecule has 4 aromatic rings. The molecule has 0 unspecified atom stereocenters. The summed E-state index contributed by atoms with van der Waals surface area (Å²) in [6.07, 6.45) is 0. The van der Waals surface area contributed by atoms with Gasteiger partial charge in [-0.3, -0.25) is 0 Å². The highest BCUT2D eigenvalue weighted by atomic mass is 35.5. The van der Waals surface area contributed by atoms with Crippen LogP contribution >= 0.6 is 11.6 Å². The van der Waals surface area contributed by atoms with Crippen molar-refractivity contribution in [1.82, 2.24) is 4.98 Å². The zero-order valence-electron chi connectivity index (χ0n) is 17.8. The van der Waals surface area contributed by atoms with Gasteiger partial charge >= 0.3 is 6.03 Å². The van der Waals surface area contributed by atoms with Crippen LogP contribution in [0.15, 0.2) is 60.7 Å². The molecule has 0 bridgehead atoms. The number of urea groups is 1. The maximum Gasteiger partial charge on any atom is 0.323 e. The molecule has 8 heteroatoms. The van der Waals surface area contributed by atoms with Gasteiger partial charge in [0, 0.05) is 39.4 Å². The van der Waals surface area contributed by atoms with Gasteiger partial charge in [-0.05, 0) is 42.0 Å². The maximum atomic E-state index is 12.5. The highest BCUT2D eigenvalue weighted by Gasteiger charge is 2.14. The minimum Gasteiger partial charge on any atom is -0.493 e. The standard InChI is InChI=1S/C24H22ClN3O4/c1-30-21-12-18(13-22(31-2)23(21)32-3)27-24(29)26-17-7-4-14(5-8-17)20-11-15-10-16(25)6-9-19(15)28-20/h4-13,28H,1-3H3,(H2,26,27,29). The number of hydrogen-bond donors (Lipinski definition) is 3. The van der Waals surface area contributed by atoms with E-state index in [9.17, 15) is 4.79 Å². The molecule has 0 saturated carbocycles. The predicted molar refractivity (Wildman–Crippen MR) is 127 cm³/mol. The van der Waals surface area contributed by atoms with Crippen molar-refractivity contribution < 1.29 is 19.0 Å². The summed E-state index contributed by atoms with van der Waals surface area (Å²) < 4.78 is 15.9. The van der Waals surface area contributed by atoms with Gasteiger partial charge in [0.1, 0.15) is 0 Å². The van der Waals surface area contributed by atoms with Crippen molar-refractivity contribution in [2.75, 3.05) is 32.0 Å². The van der Waals surface area contributed by atoms with Gasteiger partial charge in [-0.25, -0.2) is 4.79 Å². The first-order valence-electron chi connectivity index (χ1n) is 9.77. The van der Waals surface area contributed by atoms with E-state index in [0.29, 0.717) is 33.6 Å². The summed E-state index contributed by atoms with van der Waals surface area (Å²) >= 11 is 6.07. The van der Waals surface area contributed by atoms with E-state index in [1.165, 1.54) is 21.3 Å². The van der Waals surface area contributed by atoms with Crippen molar-refractivity contribution in [2.45, 2.75) is 0 Å². The molecule has 0 fully saturated rings. The average Bonchev–Trinajstić information content (AvgIpc) is 3.21. The number of H-pyrrole nitrogens is 1. The van der Waals surface area contributed by atoms with Gasteiger partial charge in [-0.1, -0.05) is 23.7 Å². The molecule has 0 aliphatic carbocycles. The Morgan fingerprint density at radius 2 is 1.47 bits per heavy atom. The van der Waals surface area contributed by atoms with Crippen molar-refractivity contribution in [3.05, 3.63) is 65.7 Å². The fourth-order valence-electron chi connectivity index (χ4n) is 3.44. The average molecular weight is 452 g/mol. The second kappa shape index (κ2) is 9.11. The third-order valence-corrected chi connectivity index (χ3v) is 5.19. The summed E-state index contributed by atoms with van der Waals surface area (Å²) in [6, 6.07) is 18.2. The van der Waals surface area contributed by atoms with E-state index in [0.717, 1.165) is 22.2 Å². The van der Waals surface area contributed by atoms with E-state index < -0.39 is 6.03 Å². The third kappa shape index (κ3) is 4.43. The Kier molecular flexibility index (Phi) is 6.09. The van der Waals surface area contributed by atoms with Crippen molar-refractivity contribution in [1.29, 1.82) is 0 Å². The summed E-state index contributed by atoms with van der Waals surface area (Å²) in [5, 5.41) is 7.33. The molecule has 164 valence electrons. The van der Waals surface area contributed by atoms with E-state index in [-0.39, 0.29) is 0 Å². The molecule has 1 aromatic heterocycles. The van der Waals surface area contributed by atoms with Crippen LogP contribution in [-0.2, 0) is 0 Å². The molecule has 32 heavy (non-hydrogen) atoms. The van der Waals surface area contributed by atoms with Crippen LogP contribution in [0.25, 0.3) is 22.2 Å². The normalized spacial score (nSPS) is 10.6. The number of aromatic nitrogens is 1. The minimum absolute atomic E-state index is 0.396. The highest BCUT2D eigenvalue weighted by Crippen LogP contribution is 2.40. The van der Waals surface area contributed by atoms with Gasteiger partial charge < -0.3 is 29.8 Å². The number of halogens is 1. The van der Waals surface area contributed by atoms with Gasteiger partial charge in [-0.15, -0.1) is 0 Å². The molecule has 0 aliphatic heterocycles. The Balaban J connectivity index is 1.47. The molecule has 0 radical (unpaired) electrons. The van der Waals surface area contributed by atoms with Crippen molar-refractivity contribution in [3.8, 4) is 28.5 Å². The van der Waals surface area contributed by atoms with Gasteiger partial charge in [0.25, 0.3) is 0 Å². The fourth-order valence-corrected chi connectivity index (χ4v) is 3.62. The third-order valence-electron chi connectivity index (χ3n) is 4.96. The number of methoxy groups -OCH3 is 3. The van der Waals surface area contributed by atoms with Crippen LogP contribution in [0, 0.1) is 0 Å². The Bertz CT molecular complexity index is 1240. The zero-order valence-corrected chi connectivity index (χ0v) is 18.5. The summed E-state index contributed by atoms with van der Waals surface area (Å²) in [7, 11) is 4.56. The quantitative estimate of drug-likeness (QED) is 0.328. The molecule has 4 rings (SSSR count). The molecule has 0 aliphatic rings. The number of nitrogens with one attached hydrogen (secondary N) is 3. The molecule has 3 aromatic carbocycles. The summed E-state index contributed by atoms with van der Waals surface area (Å²) in [6.45, 7) is 0.